The van der Waals surface area contributed by atoms with E-state index in [0.717, 1.165) is 12.3 Å². The molecule has 0 fully saturated rings. The highest BCUT2D eigenvalue weighted by molar-refractivity contribution is 6.33. The number of nitro benzene ring substituents is 1. The predicted octanol–water partition coefficient (Wildman–Crippen LogP) is 3.16. The minimum Gasteiger partial charge on any atom is -0.331 e. The Bertz CT molecular complexity index is 737. The first kappa shape index (κ1) is 16.6. The smallest absolute Gasteiger partial charge is 0.319 e. The van der Waals surface area contributed by atoms with Crippen LogP contribution in [0.4, 0.5) is 25.0 Å². The van der Waals surface area contributed by atoms with Crippen LogP contribution in [0.15, 0.2) is 30.6 Å². The minimum absolute atomic E-state index is 0.0237. The molecular formula is C12H10ClF2N5O3. The lowest BCUT2D eigenvalue weighted by molar-refractivity contribution is -0.384. The van der Waals surface area contributed by atoms with Crippen LogP contribution < -0.4 is 10.6 Å². The van der Waals surface area contributed by atoms with E-state index in [1.54, 1.807) is 0 Å². The van der Waals surface area contributed by atoms with Crippen molar-refractivity contribution >= 4 is 29.0 Å². The number of carbonyl (C=O) groups excluding carboxylic acids is 1. The Morgan fingerprint density at radius 1 is 1.48 bits per heavy atom. The third kappa shape index (κ3) is 4.13. The second kappa shape index (κ2) is 7.01. The van der Waals surface area contributed by atoms with E-state index < -0.39 is 17.5 Å². The van der Waals surface area contributed by atoms with Gasteiger partial charge in [0.25, 0.3) is 5.69 Å². The lowest BCUT2D eigenvalue weighted by atomic mass is 10.3. The van der Waals surface area contributed by atoms with Gasteiger partial charge in [-0.1, -0.05) is 11.6 Å². The molecule has 1 aromatic heterocycles. The van der Waals surface area contributed by atoms with E-state index in [0.29, 0.717) is 4.57 Å². The fourth-order valence-corrected chi connectivity index (χ4v) is 1.87. The molecule has 0 saturated carbocycles. The van der Waals surface area contributed by atoms with Crippen LogP contribution in [-0.4, -0.2) is 20.5 Å². The summed E-state index contributed by atoms with van der Waals surface area (Å²) in [5.74, 6) is -0.0414. The number of aromatic nitrogens is 2. The molecule has 0 unspecified atom stereocenters. The molecule has 0 aliphatic rings. The van der Waals surface area contributed by atoms with Crippen molar-refractivity contribution in [3.8, 4) is 0 Å². The van der Waals surface area contributed by atoms with Gasteiger partial charge in [0.2, 0.25) is 0 Å². The van der Waals surface area contributed by atoms with Crippen LogP contribution in [0.2, 0.25) is 5.02 Å². The summed E-state index contributed by atoms with van der Waals surface area (Å²) >= 11 is 5.83. The van der Waals surface area contributed by atoms with Gasteiger partial charge in [-0.2, -0.15) is 8.78 Å². The number of halogens is 3. The van der Waals surface area contributed by atoms with Crippen LogP contribution in [0.5, 0.6) is 0 Å². The summed E-state index contributed by atoms with van der Waals surface area (Å²) in [6, 6.07) is 2.77. The maximum atomic E-state index is 12.6. The standard InChI is InChI=1S/C12H10ClF2N5O3/c13-8-2-1-7(20(22)23)5-9(8)18-12(21)17-6-10-16-3-4-19(10)11(14)15/h1-5,11H,6H2,(H2,17,18,21). The molecule has 11 heteroatoms. The average Bonchev–Trinajstić information content (AvgIpc) is 2.96. The molecule has 2 N–H and O–H groups in total. The number of alkyl halides is 2. The zero-order valence-electron chi connectivity index (χ0n) is 11.4. The van der Waals surface area contributed by atoms with Crippen molar-refractivity contribution in [2.24, 2.45) is 0 Å². The number of nitrogens with zero attached hydrogens (tertiary/aromatic N) is 3. The molecule has 0 aliphatic carbocycles. The Morgan fingerprint density at radius 3 is 2.87 bits per heavy atom. The zero-order valence-corrected chi connectivity index (χ0v) is 12.1. The molecule has 0 saturated heterocycles. The number of benzene rings is 1. The van der Waals surface area contributed by atoms with Crippen LogP contribution in [0, 0.1) is 10.1 Å². The van der Waals surface area contributed by atoms with Gasteiger partial charge in [0.05, 0.1) is 22.2 Å². The lowest BCUT2D eigenvalue weighted by Gasteiger charge is -2.10. The molecule has 8 nitrogen and oxygen atoms in total. The van der Waals surface area contributed by atoms with Crippen molar-refractivity contribution in [3.63, 3.8) is 0 Å². The second-order valence-corrected chi connectivity index (χ2v) is 4.66. The quantitative estimate of drug-likeness (QED) is 0.641. The number of nitro groups is 1. The number of urea groups is 1. The molecular weight excluding hydrogens is 336 g/mol. The van der Waals surface area contributed by atoms with Gasteiger partial charge >= 0.3 is 12.6 Å². The Kier molecular flexibility index (Phi) is 5.06. The fourth-order valence-electron chi connectivity index (χ4n) is 1.71. The van der Waals surface area contributed by atoms with E-state index in [1.165, 1.54) is 18.3 Å². The summed E-state index contributed by atoms with van der Waals surface area (Å²) in [5, 5.41) is 15.4. The molecule has 0 bridgehead atoms. The van der Waals surface area contributed by atoms with E-state index in [4.69, 9.17) is 11.6 Å². The maximum absolute atomic E-state index is 12.6. The highest BCUT2D eigenvalue weighted by Gasteiger charge is 2.14. The first-order valence-electron chi connectivity index (χ1n) is 6.17. The molecule has 0 aliphatic heterocycles. The van der Waals surface area contributed by atoms with Crippen molar-refractivity contribution < 1.29 is 18.5 Å². The molecule has 0 radical (unpaired) electrons. The highest BCUT2D eigenvalue weighted by Crippen LogP contribution is 2.26. The van der Waals surface area contributed by atoms with Gasteiger partial charge < -0.3 is 10.6 Å². The third-order valence-electron chi connectivity index (χ3n) is 2.78. The van der Waals surface area contributed by atoms with Crippen LogP contribution in [0.1, 0.15) is 12.4 Å². The molecule has 2 amide bonds. The summed E-state index contributed by atoms with van der Waals surface area (Å²) in [5.41, 5.74) is -0.228. The number of imidazole rings is 1. The van der Waals surface area contributed by atoms with Crippen molar-refractivity contribution in [2.75, 3.05) is 5.32 Å². The van der Waals surface area contributed by atoms with Crippen molar-refractivity contribution in [2.45, 2.75) is 13.1 Å². The third-order valence-corrected chi connectivity index (χ3v) is 3.10. The molecule has 23 heavy (non-hydrogen) atoms. The van der Waals surface area contributed by atoms with E-state index in [1.807, 2.05) is 0 Å². The Morgan fingerprint density at radius 2 is 2.22 bits per heavy atom. The summed E-state index contributed by atoms with van der Waals surface area (Å²) in [7, 11) is 0. The first-order chi connectivity index (χ1) is 10.9. The zero-order chi connectivity index (χ0) is 17.0. The van der Waals surface area contributed by atoms with Gasteiger partial charge in [0.15, 0.2) is 0 Å². The molecule has 1 aromatic carbocycles. The molecule has 0 atom stereocenters. The lowest BCUT2D eigenvalue weighted by Crippen LogP contribution is -2.29. The van der Waals surface area contributed by atoms with E-state index in [2.05, 4.69) is 15.6 Å². The topological polar surface area (TPSA) is 102 Å². The molecule has 122 valence electrons. The van der Waals surface area contributed by atoms with Crippen molar-refractivity contribution in [1.29, 1.82) is 0 Å². The summed E-state index contributed by atoms with van der Waals surface area (Å²) in [6.45, 7) is -3.03. The Balaban J connectivity index is 2.01. The average molecular weight is 346 g/mol. The van der Waals surface area contributed by atoms with Gasteiger partial charge in [0, 0.05) is 24.5 Å². The van der Waals surface area contributed by atoms with Crippen LogP contribution in [-0.2, 0) is 6.54 Å². The largest absolute Gasteiger partial charge is 0.331 e. The molecule has 2 rings (SSSR count). The number of carbonyl (C=O) groups is 1. The summed E-state index contributed by atoms with van der Waals surface area (Å²) < 4.78 is 25.8. The number of amides is 2. The molecule has 1 heterocycles. The predicted molar refractivity (Wildman–Crippen MR) is 77.4 cm³/mol. The monoisotopic (exact) mass is 345 g/mol. The summed E-state index contributed by atoms with van der Waals surface area (Å²) in [4.78, 5) is 25.5. The van der Waals surface area contributed by atoms with Gasteiger partial charge in [-0.05, 0) is 6.07 Å². The number of anilines is 1. The van der Waals surface area contributed by atoms with Gasteiger partial charge in [-0.15, -0.1) is 0 Å². The second-order valence-electron chi connectivity index (χ2n) is 4.26. The summed E-state index contributed by atoms with van der Waals surface area (Å²) in [6.07, 6.45) is 2.26. The minimum atomic E-state index is -2.77. The number of rotatable bonds is 5. The normalized spacial score (nSPS) is 10.6. The van der Waals surface area contributed by atoms with E-state index in [9.17, 15) is 23.7 Å². The van der Waals surface area contributed by atoms with E-state index >= 15 is 0 Å². The Labute approximate surface area is 133 Å². The van der Waals surface area contributed by atoms with Crippen molar-refractivity contribution in [1.82, 2.24) is 14.9 Å². The van der Waals surface area contributed by atoms with Gasteiger partial charge in [0.1, 0.15) is 5.82 Å². The number of nitrogens with one attached hydrogen (secondary N) is 2. The number of hydrogen-bond donors (Lipinski definition) is 2. The van der Waals surface area contributed by atoms with Gasteiger partial charge in [-0.3, -0.25) is 14.7 Å². The van der Waals surface area contributed by atoms with Crippen LogP contribution in [0.3, 0.4) is 0 Å². The van der Waals surface area contributed by atoms with Crippen molar-refractivity contribution in [3.05, 3.63) is 51.6 Å². The SMILES string of the molecule is O=C(NCc1nccn1C(F)F)Nc1cc([N+](=O)[O-])ccc1Cl. The Hall–Kier alpha value is -2.75. The van der Waals surface area contributed by atoms with Gasteiger partial charge in [-0.25, -0.2) is 9.78 Å². The van der Waals surface area contributed by atoms with Crippen LogP contribution in [0.25, 0.3) is 0 Å². The number of non-ortho nitro benzene ring substituents is 1. The van der Waals surface area contributed by atoms with E-state index in [-0.39, 0.29) is 28.8 Å². The maximum Gasteiger partial charge on any atom is 0.319 e. The van der Waals surface area contributed by atoms with Crippen LogP contribution >= 0.6 is 11.6 Å². The molecule has 0 spiro atoms. The fraction of sp³-hybridized carbons (Fsp3) is 0.167. The number of hydrogen-bond acceptors (Lipinski definition) is 4. The first-order valence-corrected chi connectivity index (χ1v) is 6.55. The molecule has 2 aromatic rings. The highest BCUT2D eigenvalue weighted by atomic mass is 35.5.